The van der Waals surface area contributed by atoms with E-state index >= 15 is 0 Å². The molecule has 2 aliphatic rings. The molecule has 0 aromatic heterocycles. The third kappa shape index (κ3) is 4.41. The van der Waals surface area contributed by atoms with Gasteiger partial charge >= 0.3 is 0 Å². The summed E-state index contributed by atoms with van der Waals surface area (Å²) in [6, 6.07) is 15.8. The number of halogens is 2. The number of piperidine rings is 1. The topological polar surface area (TPSA) is 47.9 Å². The predicted octanol–water partition coefficient (Wildman–Crippen LogP) is 5.56. The number of hydrazone groups is 1. The summed E-state index contributed by atoms with van der Waals surface area (Å²) in [5.41, 5.74) is 5.57. The summed E-state index contributed by atoms with van der Waals surface area (Å²) in [6.45, 7) is 3.89. The molecule has 0 aliphatic carbocycles. The van der Waals surface area contributed by atoms with E-state index in [9.17, 15) is 4.79 Å². The number of anilines is 1. The van der Waals surface area contributed by atoms with Gasteiger partial charge in [0.05, 0.1) is 16.8 Å². The van der Waals surface area contributed by atoms with Gasteiger partial charge in [0, 0.05) is 23.5 Å². The van der Waals surface area contributed by atoms with E-state index in [1.807, 2.05) is 46.4 Å². The van der Waals surface area contributed by atoms with Crippen LogP contribution in [0.5, 0.6) is 0 Å². The highest BCUT2D eigenvalue weighted by atomic mass is 79.9. The Morgan fingerprint density at radius 1 is 1.13 bits per heavy atom. The third-order valence-corrected chi connectivity index (χ3v) is 6.66. The zero-order valence-electron chi connectivity index (χ0n) is 17.0. The van der Waals surface area contributed by atoms with E-state index < -0.39 is 0 Å². The Balaban J connectivity index is 1.70. The zero-order chi connectivity index (χ0) is 21.1. The number of carbonyl (C=O) groups is 1. The van der Waals surface area contributed by atoms with Crippen molar-refractivity contribution in [2.75, 3.05) is 18.1 Å². The van der Waals surface area contributed by atoms with Gasteiger partial charge in [0.15, 0.2) is 0 Å². The van der Waals surface area contributed by atoms with Gasteiger partial charge in [0.1, 0.15) is 5.71 Å². The Kier molecular flexibility index (Phi) is 6.76. The van der Waals surface area contributed by atoms with Crippen LogP contribution in [-0.4, -0.2) is 29.7 Å². The number of carbonyl (C=O) groups excluding carboxylic acids is 1. The number of nitrogens with zero attached hydrogens (tertiary/aromatic N) is 3. The maximum absolute atomic E-state index is 13.2. The van der Waals surface area contributed by atoms with Crippen LogP contribution in [0.15, 0.2) is 58.1 Å². The van der Waals surface area contributed by atoms with Crippen LogP contribution in [0, 0.1) is 5.92 Å². The van der Waals surface area contributed by atoms with Crippen molar-refractivity contribution < 1.29 is 4.79 Å². The minimum absolute atomic E-state index is 0.0350. The molecule has 1 N–H and O–H groups in total. The highest BCUT2D eigenvalue weighted by Gasteiger charge is 2.41. The Hall–Kier alpha value is -1.89. The number of hydrogen-bond acceptors (Lipinski definition) is 4. The molecule has 2 aromatic carbocycles. The van der Waals surface area contributed by atoms with Gasteiger partial charge in [-0.1, -0.05) is 65.1 Å². The first-order valence-corrected chi connectivity index (χ1v) is 11.7. The lowest BCUT2D eigenvalue weighted by atomic mass is 9.87. The van der Waals surface area contributed by atoms with E-state index in [0.717, 1.165) is 48.1 Å². The fourth-order valence-corrected chi connectivity index (χ4v) is 4.77. The Labute approximate surface area is 191 Å². The van der Waals surface area contributed by atoms with Gasteiger partial charge in [-0.25, -0.2) is 5.01 Å². The Morgan fingerprint density at radius 3 is 2.50 bits per heavy atom. The molecule has 7 heteroatoms. The van der Waals surface area contributed by atoms with Gasteiger partial charge in [0.25, 0.3) is 5.91 Å². The molecule has 2 aromatic rings. The van der Waals surface area contributed by atoms with Crippen molar-refractivity contribution >= 4 is 44.8 Å². The maximum Gasteiger partial charge on any atom is 0.282 e. The molecule has 0 bridgehead atoms. The van der Waals surface area contributed by atoms with E-state index in [-0.39, 0.29) is 17.9 Å². The van der Waals surface area contributed by atoms with Crippen molar-refractivity contribution in [1.29, 1.82) is 0 Å². The fraction of sp³-hybridized carbons (Fsp3) is 0.391. The zero-order valence-corrected chi connectivity index (χ0v) is 19.4. The number of amides is 1. The molecule has 30 heavy (non-hydrogen) atoms. The van der Waals surface area contributed by atoms with Gasteiger partial charge in [-0.2, -0.15) is 5.10 Å². The lowest BCUT2D eigenvalue weighted by Crippen LogP contribution is -2.48. The summed E-state index contributed by atoms with van der Waals surface area (Å²) in [4.78, 5) is 13.2. The van der Waals surface area contributed by atoms with E-state index in [0.29, 0.717) is 10.7 Å². The normalized spacial score (nSPS) is 22.1. The lowest BCUT2D eigenvalue weighted by molar-refractivity contribution is -0.120. The Bertz CT molecular complexity index is 927. The van der Waals surface area contributed by atoms with Crippen LogP contribution in [0.4, 0.5) is 5.69 Å². The van der Waals surface area contributed by atoms with Crippen LogP contribution in [0.3, 0.4) is 0 Å². The molecule has 4 rings (SSSR count). The van der Waals surface area contributed by atoms with E-state index in [1.165, 1.54) is 6.42 Å². The van der Waals surface area contributed by atoms with E-state index in [2.05, 4.69) is 40.4 Å². The van der Waals surface area contributed by atoms with Crippen LogP contribution in [0.1, 0.15) is 44.2 Å². The van der Waals surface area contributed by atoms with Gasteiger partial charge in [-0.3, -0.25) is 15.2 Å². The van der Waals surface area contributed by atoms with Crippen molar-refractivity contribution in [3.8, 4) is 0 Å². The van der Waals surface area contributed by atoms with Crippen molar-refractivity contribution in [3.05, 3.63) is 63.6 Å². The summed E-state index contributed by atoms with van der Waals surface area (Å²) < 4.78 is 1.02. The molecule has 0 saturated carbocycles. The molecular formula is C23H26BrClN4O. The van der Waals surface area contributed by atoms with Crippen LogP contribution in [0.25, 0.3) is 0 Å². The van der Waals surface area contributed by atoms with E-state index in [4.69, 9.17) is 16.7 Å². The van der Waals surface area contributed by atoms with Crippen molar-refractivity contribution in [1.82, 2.24) is 10.4 Å². The average Bonchev–Trinajstić information content (AvgIpc) is 3.15. The minimum Gasteiger partial charge on any atom is -0.284 e. The number of hydrogen-bond donors (Lipinski definition) is 1. The van der Waals surface area contributed by atoms with Gasteiger partial charge in [0.2, 0.25) is 0 Å². The summed E-state index contributed by atoms with van der Waals surface area (Å²) in [6.07, 6.45) is 4.24. The number of benzene rings is 2. The van der Waals surface area contributed by atoms with Crippen molar-refractivity contribution in [2.24, 2.45) is 11.0 Å². The molecule has 2 heterocycles. The summed E-state index contributed by atoms with van der Waals surface area (Å²) in [5.74, 6) is -0.146. The molecule has 1 fully saturated rings. The predicted molar refractivity (Wildman–Crippen MR) is 126 cm³/mol. The second-order valence-electron chi connectivity index (χ2n) is 7.78. The first kappa shape index (κ1) is 21.3. The monoisotopic (exact) mass is 488 g/mol. The molecule has 5 nitrogen and oxygen atoms in total. The highest BCUT2D eigenvalue weighted by Crippen LogP contribution is 2.43. The summed E-state index contributed by atoms with van der Waals surface area (Å²) in [5, 5.41) is 9.40. The van der Waals surface area contributed by atoms with Gasteiger partial charge in [-0.05, 0) is 49.1 Å². The molecule has 2 atom stereocenters. The second-order valence-corrected chi connectivity index (χ2v) is 9.10. The minimum atomic E-state index is -0.111. The fourth-order valence-electron chi connectivity index (χ4n) is 4.28. The second kappa shape index (κ2) is 9.50. The van der Waals surface area contributed by atoms with Crippen molar-refractivity contribution in [2.45, 2.75) is 38.6 Å². The molecule has 1 amide bonds. The number of nitrogens with one attached hydrogen (secondary N) is 1. The quantitative estimate of drug-likeness (QED) is 0.598. The number of rotatable bonds is 5. The first-order valence-electron chi connectivity index (χ1n) is 10.5. The summed E-state index contributed by atoms with van der Waals surface area (Å²) in [7, 11) is 0. The SMILES string of the molecule is CC[C@H]1C(C(=O)NN2CCCCC2)=NN(c2ccccc2Cl)[C@@H]1c1ccc(Br)cc1. The van der Waals surface area contributed by atoms with Gasteiger partial charge < -0.3 is 0 Å². The molecule has 0 spiro atoms. The van der Waals surface area contributed by atoms with Crippen LogP contribution < -0.4 is 10.4 Å². The molecule has 0 radical (unpaired) electrons. The van der Waals surface area contributed by atoms with Crippen LogP contribution >= 0.6 is 27.5 Å². The van der Waals surface area contributed by atoms with Crippen LogP contribution in [0.2, 0.25) is 5.02 Å². The Morgan fingerprint density at radius 2 is 1.83 bits per heavy atom. The van der Waals surface area contributed by atoms with Crippen LogP contribution in [-0.2, 0) is 4.79 Å². The molecule has 1 saturated heterocycles. The molecule has 158 valence electrons. The lowest BCUT2D eigenvalue weighted by Gasteiger charge is -2.29. The molecule has 2 aliphatic heterocycles. The smallest absolute Gasteiger partial charge is 0.282 e. The maximum atomic E-state index is 13.2. The molecule has 0 unspecified atom stereocenters. The highest BCUT2D eigenvalue weighted by molar-refractivity contribution is 9.10. The molecular weight excluding hydrogens is 464 g/mol. The summed E-state index contributed by atoms with van der Waals surface area (Å²) >= 11 is 10.0. The van der Waals surface area contributed by atoms with Crippen molar-refractivity contribution in [3.63, 3.8) is 0 Å². The largest absolute Gasteiger partial charge is 0.284 e. The number of hydrazine groups is 1. The third-order valence-electron chi connectivity index (χ3n) is 5.81. The van der Waals surface area contributed by atoms with E-state index in [1.54, 1.807) is 0 Å². The number of para-hydroxylation sites is 1. The first-order chi connectivity index (χ1) is 14.6. The van der Waals surface area contributed by atoms with Gasteiger partial charge in [-0.15, -0.1) is 0 Å². The average molecular weight is 490 g/mol. The standard InChI is InChI=1S/C23H26BrClN4O/c1-2-18-21(23(30)27-28-14-6-3-7-15-28)26-29(20-9-5-4-8-19(20)25)22(18)16-10-12-17(24)13-11-16/h4-5,8-13,18,22H,2-3,6-7,14-15H2,1H3,(H,27,30)/t18-,22+/m0/s1.